The molecule has 1 aliphatic heterocycles. The molecule has 1 aliphatic rings. The Labute approximate surface area is 140 Å². The highest BCUT2D eigenvalue weighted by Crippen LogP contribution is 2.44. The summed E-state index contributed by atoms with van der Waals surface area (Å²) in [6.07, 6.45) is 0. The van der Waals surface area contributed by atoms with Crippen molar-refractivity contribution in [2.75, 3.05) is 4.90 Å². The Balaban J connectivity index is 1.92. The lowest BCUT2D eigenvalue weighted by Gasteiger charge is -2.24. The van der Waals surface area contributed by atoms with E-state index in [1.165, 1.54) is 0 Å². The summed E-state index contributed by atoms with van der Waals surface area (Å²) >= 11 is 0. The van der Waals surface area contributed by atoms with Crippen LogP contribution in [0.1, 0.15) is 39.0 Å². The zero-order valence-electron chi connectivity index (χ0n) is 14.6. The Bertz CT molecular complexity index is 963. The van der Waals surface area contributed by atoms with Gasteiger partial charge in [0.2, 0.25) is 5.91 Å². The third-order valence-electron chi connectivity index (χ3n) is 4.76. The number of anilines is 1. The first-order valence-electron chi connectivity index (χ1n) is 8.19. The Morgan fingerprint density at radius 1 is 1.21 bits per heavy atom. The van der Waals surface area contributed by atoms with Crippen molar-refractivity contribution in [1.29, 1.82) is 0 Å². The predicted octanol–water partition coefficient (Wildman–Crippen LogP) is 3.29. The van der Waals surface area contributed by atoms with Gasteiger partial charge in [-0.3, -0.25) is 9.89 Å². The van der Waals surface area contributed by atoms with Crippen molar-refractivity contribution in [2.45, 2.75) is 46.1 Å². The summed E-state index contributed by atoms with van der Waals surface area (Å²) in [6.45, 7) is 9.98. The van der Waals surface area contributed by atoms with Crippen LogP contribution in [0.3, 0.4) is 0 Å². The summed E-state index contributed by atoms with van der Waals surface area (Å²) < 4.78 is 0. The van der Waals surface area contributed by atoms with Crippen molar-refractivity contribution < 1.29 is 4.79 Å². The summed E-state index contributed by atoms with van der Waals surface area (Å²) in [7, 11) is 0. The highest BCUT2D eigenvalue weighted by atomic mass is 16.2. The lowest BCUT2D eigenvalue weighted by Crippen LogP contribution is -2.40. The summed E-state index contributed by atoms with van der Waals surface area (Å²) in [5.41, 5.74) is 5.06. The fourth-order valence-electron chi connectivity index (χ4n) is 3.45. The van der Waals surface area contributed by atoms with Gasteiger partial charge in [-0.1, -0.05) is 0 Å². The number of imidazole rings is 1. The molecule has 0 saturated carbocycles. The minimum Gasteiger partial charge on any atom is -0.337 e. The molecule has 3 aromatic rings. The summed E-state index contributed by atoms with van der Waals surface area (Å²) in [5.74, 6) is 0.902. The molecule has 4 rings (SSSR count). The normalized spacial score (nSPS) is 16.4. The number of nitrogens with one attached hydrogen (secondary N) is 2. The molecule has 6 nitrogen and oxygen atoms in total. The smallest absolute Gasteiger partial charge is 0.237 e. The summed E-state index contributed by atoms with van der Waals surface area (Å²) in [6, 6.07) is 6.15. The van der Waals surface area contributed by atoms with Gasteiger partial charge in [0.15, 0.2) is 5.82 Å². The molecular weight excluding hydrogens is 302 g/mol. The van der Waals surface area contributed by atoms with E-state index in [2.05, 4.69) is 26.2 Å². The number of fused-ring (bicyclic) bond motifs is 2. The van der Waals surface area contributed by atoms with E-state index < -0.39 is 5.41 Å². The van der Waals surface area contributed by atoms with Gasteiger partial charge < -0.3 is 9.88 Å². The van der Waals surface area contributed by atoms with Crippen molar-refractivity contribution in [1.82, 2.24) is 20.2 Å². The molecule has 124 valence electrons. The van der Waals surface area contributed by atoms with E-state index in [4.69, 9.17) is 0 Å². The molecule has 6 heteroatoms. The van der Waals surface area contributed by atoms with E-state index >= 15 is 0 Å². The van der Waals surface area contributed by atoms with Crippen LogP contribution in [-0.2, 0) is 10.2 Å². The number of carbonyl (C=O) groups is 1. The number of rotatable bonds is 2. The third-order valence-corrected chi connectivity index (χ3v) is 4.76. The van der Waals surface area contributed by atoms with Crippen molar-refractivity contribution in [3.8, 4) is 11.5 Å². The van der Waals surface area contributed by atoms with Crippen LogP contribution in [0.4, 0.5) is 5.69 Å². The lowest BCUT2D eigenvalue weighted by molar-refractivity contribution is -0.122. The zero-order chi connectivity index (χ0) is 17.2. The Hall–Kier alpha value is -2.63. The molecule has 0 unspecified atom stereocenters. The topological polar surface area (TPSA) is 77.7 Å². The van der Waals surface area contributed by atoms with Crippen molar-refractivity contribution in [3.63, 3.8) is 0 Å². The number of aromatic nitrogens is 4. The second kappa shape index (κ2) is 4.69. The average molecular weight is 323 g/mol. The molecule has 0 atom stereocenters. The van der Waals surface area contributed by atoms with E-state index in [9.17, 15) is 4.79 Å². The standard InChI is InChI=1S/C18H21N5O/c1-9(2)23-15-8-13-12(7-11(15)18(4,5)17(23)24)19-16(20-13)14-6-10(3)21-22-14/h6-9H,1-5H3,(H,19,20)(H,21,22). The molecule has 0 saturated heterocycles. The van der Waals surface area contributed by atoms with Crippen LogP contribution in [-0.4, -0.2) is 32.1 Å². The fraction of sp³-hybridized carbons (Fsp3) is 0.389. The van der Waals surface area contributed by atoms with Crippen molar-refractivity contribution in [3.05, 3.63) is 29.5 Å². The van der Waals surface area contributed by atoms with E-state index in [1.807, 2.05) is 51.7 Å². The van der Waals surface area contributed by atoms with E-state index in [0.717, 1.165) is 39.5 Å². The minimum atomic E-state index is -0.524. The minimum absolute atomic E-state index is 0.115. The molecule has 3 heterocycles. The number of aryl methyl sites for hydroxylation is 1. The molecule has 24 heavy (non-hydrogen) atoms. The van der Waals surface area contributed by atoms with Gasteiger partial charge in [0.25, 0.3) is 0 Å². The second-order valence-corrected chi connectivity index (χ2v) is 7.29. The van der Waals surface area contributed by atoms with Crippen LogP contribution < -0.4 is 4.90 Å². The molecule has 0 bridgehead atoms. The maximum atomic E-state index is 12.8. The highest BCUT2D eigenvalue weighted by molar-refractivity contribution is 6.09. The highest BCUT2D eigenvalue weighted by Gasteiger charge is 2.45. The number of H-pyrrole nitrogens is 2. The SMILES string of the molecule is Cc1cc(-c2nc3cc4c(cc3[nH]2)C(C)(C)C(=O)N4C(C)C)[nH]n1. The third kappa shape index (κ3) is 1.92. The molecule has 0 spiro atoms. The van der Waals surface area contributed by atoms with Gasteiger partial charge in [0.05, 0.1) is 27.8 Å². The summed E-state index contributed by atoms with van der Waals surface area (Å²) in [5, 5.41) is 7.14. The van der Waals surface area contributed by atoms with Gasteiger partial charge in [-0.25, -0.2) is 4.98 Å². The van der Waals surface area contributed by atoms with Gasteiger partial charge >= 0.3 is 0 Å². The number of carbonyl (C=O) groups excluding carboxylic acids is 1. The number of aromatic amines is 2. The van der Waals surface area contributed by atoms with Gasteiger partial charge in [-0.15, -0.1) is 0 Å². The average Bonchev–Trinajstić information content (AvgIpc) is 3.15. The van der Waals surface area contributed by atoms with Crippen LogP contribution >= 0.6 is 0 Å². The molecule has 2 N–H and O–H groups in total. The van der Waals surface area contributed by atoms with Crippen LogP contribution in [0.2, 0.25) is 0 Å². The fourth-order valence-corrected chi connectivity index (χ4v) is 3.45. The Kier molecular flexibility index (Phi) is 2.92. The Morgan fingerprint density at radius 3 is 2.58 bits per heavy atom. The van der Waals surface area contributed by atoms with E-state index in [1.54, 1.807) is 0 Å². The molecular formula is C18H21N5O. The van der Waals surface area contributed by atoms with Gasteiger partial charge in [0.1, 0.15) is 5.69 Å². The number of hydrogen-bond donors (Lipinski definition) is 2. The maximum Gasteiger partial charge on any atom is 0.237 e. The molecule has 0 aliphatic carbocycles. The largest absolute Gasteiger partial charge is 0.337 e. The van der Waals surface area contributed by atoms with E-state index in [0.29, 0.717) is 0 Å². The van der Waals surface area contributed by atoms with Crippen LogP contribution in [0.25, 0.3) is 22.6 Å². The molecule has 2 aromatic heterocycles. The first-order valence-corrected chi connectivity index (χ1v) is 8.19. The lowest BCUT2D eigenvalue weighted by atomic mass is 9.86. The van der Waals surface area contributed by atoms with Crippen LogP contribution in [0.15, 0.2) is 18.2 Å². The van der Waals surface area contributed by atoms with Gasteiger partial charge in [-0.2, -0.15) is 5.10 Å². The monoisotopic (exact) mass is 323 g/mol. The number of hydrogen-bond acceptors (Lipinski definition) is 3. The van der Waals surface area contributed by atoms with Gasteiger partial charge in [-0.05, 0) is 58.4 Å². The van der Waals surface area contributed by atoms with Gasteiger partial charge in [0, 0.05) is 6.04 Å². The quantitative estimate of drug-likeness (QED) is 0.759. The number of nitrogens with zero attached hydrogens (tertiary/aromatic N) is 3. The van der Waals surface area contributed by atoms with Crippen molar-refractivity contribution >= 4 is 22.6 Å². The predicted molar refractivity (Wildman–Crippen MR) is 94.1 cm³/mol. The zero-order valence-corrected chi connectivity index (χ0v) is 14.6. The molecule has 1 amide bonds. The van der Waals surface area contributed by atoms with E-state index in [-0.39, 0.29) is 11.9 Å². The second-order valence-electron chi connectivity index (χ2n) is 7.29. The molecule has 0 radical (unpaired) electrons. The molecule has 1 aromatic carbocycles. The van der Waals surface area contributed by atoms with Crippen LogP contribution in [0, 0.1) is 6.92 Å². The van der Waals surface area contributed by atoms with Crippen molar-refractivity contribution in [2.24, 2.45) is 0 Å². The first kappa shape index (κ1) is 14.9. The maximum absolute atomic E-state index is 12.8. The molecule has 0 fully saturated rings. The Morgan fingerprint density at radius 2 is 1.96 bits per heavy atom. The number of amides is 1. The summed E-state index contributed by atoms with van der Waals surface area (Å²) in [4.78, 5) is 22.7. The number of benzene rings is 1. The van der Waals surface area contributed by atoms with Crippen LogP contribution in [0.5, 0.6) is 0 Å². The first-order chi connectivity index (χ1) is 11.3.